The van der Waals surface area contributed by atoms with Crippen molar-refractivity contribution in [1.29, 1.82) is 0 Å². The third kappa shape index (κ3) is 2.03. The van der Waals surface area contributed by atoms with Crippen LogP contribution >= 0.6 is 15.9 Å². The number of halogens is 1. The van der Waals surface area contributed by atoms with Crippen LogP contribution in [0.3, 0.4) is 0 Å². The van der Waals surface area contributed by atoms with Crippen LogP contribution in [0.15, 0.2) is 28.7 Å². The van der Waals surface area contributed by atoms with Crippen molar-refractivity contribution in [3.8, 4) is 0 Å². The Morgan fingerprint density at radius 2 is 1.93 bits per heavy atom. The Balaban J connectivity index is 2.17. The molecule has 0 aromatic heterocycles. The smallest absolute Gasteiger partial charge is 0.0175 e. The van der Waals surface area contributed by atoms with Crippen LogP contribution in [-0.2, 0) is 0 Å². The summed E-state index contributed by atoms with van der Waals surface area (Å²) >= 11 is 3.49. The van der Waals surface area contributed by atoms with Crippen LogP contribution in [0.4, 0.5) is 0 Å². The van der Waals surface area contributed by atoms with E-state index in [9.17, 15) is 0 Å². The molecule has 1 aliphatic carbocycles. The fraction of sp³-hybridized carbons (Fsp3) is 0.538. The highest BCUT2D eigenvalue weighted by atomic mass is 79.9. The van der Waals surface area contributed by atoms with Gasteiger partial charge in [-0.25, -0.2) is 0 Å². The maximum absolute atomic E-state index is 3.49. The van der Waals surface area contributed by atoms with Gasteiger partial charge in [0, 0.05) is 4.47 Å². The number of hydrogen-bond acceptors (Lipinski definition) is 0. The van der Waals surface area contributed by atoms with Gasteiger partial charge in [0.2, 0.25) is 0 Å². The lowest BCUT2D eigenvalue weighted by Gasteiger charge is -2.18. The molecule has 1 aromatic rings. The van der Waals surface area contributed by atoms with Gasteiger partial charge in [0.05, 0.1) is 0 Å². The average Bonchev–Trinajstić information content (AvgIpc) is 2.67. The van der Waals surface area contributed by atoms with Gasteiger partial charge in [-0.2, -0.15) is 0 Å². The van der Waals surface area contributed by atoms with Gasteiger partial charge in [-0.1, -0.05) is 47.8 Å². The zero-order valence-corrected chi connectivity index (χ0v) is 10.3. The first-order chi connectivity index (χ1) is 6.81. The molecule has 1 heteroatoms. The molecule has 76 valence electrons. The van der Waals surface area contributed by atoms with Crippen molar-refractivity contribution in [3.05, 3.63) is 34.3 Å². The molecular formula is C13H17Br. The van der Waals surface area contributed by atoms with Crippen LogP contribution in [0.1, 0.15) is 44.1 Å². The minimum atomic E-state index is 0.827. The summed E-state index contributed by atoms with van der Waals surface area (Å²) < 4.78 is 1.19. The van der Waals surface area contributed by atoms with E-state index in [4.69, 9.17) is 0 Å². The first-order valence-electron chi connectivity index (χ1n) is 5.56. The summed E-state index contributed by atoms with van der Waals surface area (Å²) in [6.45, 7) is 2.32. The molecule has 0 bridgehead atoms. The SMILES string of the molecule is CCC1CCCC1c1ccc(Br)cc1. The predicted octanol–water partition coefficient (Wildman–Crippen LogP) is 4.74. The first kappa shape index (κ1) is 10.2. The lowest BCUT2D eigenvalue weighted by atomic mass is 9.87. The number of hydrogen-bond donors (Lipinski definition) is 0. The first-order valence-corrected chi connectivity index (χ1v) is 6.36. The summed E-state index contributed by atoms with van der Waals surface area (Å²) in [6.07, 6.45) is 5.57. The predicted molar refractivity (Wildman–Crippen MR) is 64.5 cm³/mol. The van der Waals surface area contributed by atoms with Crippen LogP contribution in [0, 0.1) is 5.92 Å². The van der Waals surface area contributed by atoms with E-state index in [2.05, 4.69) is 47.1 Å². The number of rotatable bonds is 2. The molecule has 2 unspecified atom stereocenters. The molecule has 14 heavy (non-hydrogen) atoms. The Labute approximate surface area is 94.8 Å². The Hall–Kier alpha value is -0.300. The fourth-order valence-corrected chi connectivity index (χ4v) is 2.94. The third-order valence-electron chi connectivity index (χ3n) is 3.48. The average molecular weight is 253 g/mol. The van der Waals surface area contributed by atoms with Crippen molar-refractivity contribution in [1.82, 2.24) is 0 Å². The number of benzene rings is 1. The molecule has 1 fully saturated rings. The highest BCUT2D eigenvalue weighted by Gasteiger charge is 2.26. The lowest BCUT2D eigenvalue weighted by molar-refractivity contribution is 0.470. The second kappa shape index (κ2) is 4.48. The lowest BCUT2D eigenvalue weighted by Crippen LogP contribution is -2.04. The maximum Gasteiger partial charge on any atom is 0.0175 e. The molecule has 0 N–H and O–H groups in total. The van der Waals surface area contributed by atoms with E-state index in [0.29, 0.717) is 0 Å². The Kier molecular flexibility index (Phi) is 3.27. The van der Waals surface area contributed by atoms with Crippen molar-refractivity contribution < 1.29 is 0 Å². The second-order valence-electron chi connectivity index (χ2n) is 4.26. The van der Waals surface area contributed by atoms with E-state index in [1.54, 1.807) is 0 Å². The minimum absolute atomic E-state index is 0.827. The topological polar surface area (TPSA) is 0 Å². The Morgan fingerprint density at radius 3 is 2.57 bits per heavy atom. The zero-order valence-electron chi connectivity index (χ0n) is 8.67. The van der Waals surface area contributed by atoms with Gasteiger partial charge in [0.15, 0.2) is 0 Å². The molecule has 1 saturated carbocycles. The van der Waals surface area contributed by atoms with Gasteiger partial charge in [-0.3, -0.25) is 0 Å². The van der Waals surface area contributed by atoms with Crippen molar-refractivity contribution >= 4 is 15.9 Å². The minimum Gasteiger partial charge on any atom is -0.0651 e. The van der Waals surface area contributed by atoms with Gasteiger partial charge in [-0.05, 0) is 42.4 Å². The van der Waals surface area contributed by atoms with Gasteiger partial charge in [0.25, 0.3) is 0 Å². The maximum atomic E-state index is 3.49. The molecule has 1 aliphatic rings. The Bertz CT molecular complexity index is 289. The quantitative estimate of drug-likeness (QED) is 0.713. The molecule has 0 amide bonds. The summed E-state index contributed by atoms with van der Waals surface area (Å²) in [5.74, 6) is 1.75. The molecule has 2 rings (SSSR count). The van der Waals surface area contributed by atoms with Gasteiger partial charge >= 0.3 is 0 Å². The molecule has 1 aromatic carbocycles. The van der Waals surface area contributed by atoms with Crippen molar-refractivity contribution in [3.63, 3.8) is 0 Å². The third-order valence-corrected chi connectivity index (χ3v) is 4.01. The van der Waals surface area contributed by atoms with E-state index >= 15 is 0 Å². The van der Waals surface area contributed by atoms with Crippen molar-refractivity contribution in [2.24, 2.45) is 5.92 Å². The summed E-state index contributed by atoms with van der Waals surface area (Å²) in [5, 5.41) is 0. The van der Waals surface area contributed by atoms with E-state index < -0.39 is 0 Å². The van der Waals surface area contributed by atoms with E-state index in [0.717, 1.165) is 11.8 Å². The molecule has 0 heterocycles. The van der Waals surface area contributed by atoms with Crippen LogP contribution < -0.4 is 0 Å². The summed E-state index contributed by atoms with van der Waals surface area (Å²) in [4.78, 5) is 0. The highest BCUT2D eigenvalue weighted by Crippen LogP contribution is 2.41. The van der Waals surface area contributed by atoms with Crippen LogP contribution in [0.25, 0.3) is 0 Å². The molecule has 0 spiro atoms. The molecule has 0 aliphatic heterocycles. The highest BCUT2D eigenvalue weighted by molar-refractivity contribution is 9.10. The van der Waals surface area contributed by atoms with Gasteiger partial charge < -0.3 is 0 Å². The van der Waals surface area contributed by atoms with Gasteiger partial charge in [-0.15, -0.1) is 0 Å². The molecule has 0 nitrogen and oxygen atoms in total. The molecule has 2 atom stereocenters. The molecule has 0 radical (unpaired) electrons. The normalized spacial score (nSPS) is 26.7. The molecular weight excluding hydrogens is 236 g/mol. The monoisotopic (exact) mass is 252 g/mol. The van der Waals surface area contributed by atoms with Gasteiger partial charge in [0.1, 0.15) is 0 Å². The Morgan fingerprint density at radius 1 is 1.21 bits per heavy atom. The second-order valence-corrected chi connectivity index (χ2v) is 5.17. The summed E-state index contributed by atoms with van der Waals surface area (Å²) in [6, 6.07) is 8.90. The fourth-order valence-electron chi connectivity index (χ4n) is 2.67. The van der Waals surface area contributed by atoms with Crippen LogP contribution in [0.5, 0.6) is 0 Å². The summed E-state index contributed by atoms with van der Waals surface area (Å²) in [5.41, 5.74) is 1.54. The van der Waals surface area contributed by atoms with Crippen LogP contribution in [-0.4, -0.2) is 0 Å². The van der Waals surface area contributed by atoms with Crippen molar-refractivity contribution in [2.45, 2.75) is 38.5 Å². The zero-order chi connectivity index (χ0) is 9.97. The van der Waals surface area contributed by atoms with E-state index in [1.807, 2.05) is 0 Å². The standard InChI is InChI=1S/C13H17Br/c1-2-10-4-3-5-13(10)11-6-8-12(14)9-7-11/h6-10,13H,2-5H2,1H3. The largest absolute Gasteiger partial charge is 0.0651 e. The van der Waals surface area contributed by atoms with Crippen LogP contribution in [0.2, 0.25) is 0 Å². The summed E-state index contributed by atoms with van der Waals surface area (Å²) in [7, 11) is 0. The van der Waals surface area contributed by atoms with E-state index in [1.165, 1.54) is 35.7 Å². The van der Waals surface area contributed by atoms with E-state index in [-0.39, 0.29) is 0 Å². The molecule has 0 saturated heterocycles. The van der Waals surface area contributed by atoms with Crippen molar-refractivity contribution in [2.75, 3.05) is 0 Å².